The minimum absolute atomic E-state index is 0.0602. The molecule has 2 N–H and O–H groups in total. The van der Waals surface area contributed by atoms with Gasteiger partial charge in [-0.2, -0.15) is 0 Å². The van der Waals surface area contributed by atoms with Gasteiger partial charge in [-0.1, -0.05) is 72.3 Å². The van der Waals surface area contributed by atoms with E-state index in [9.17, 15) is 5.11 Å². The van der Waals surface area contributed by atoms with Gasteiger partial charge in [-0.3, -0.25) is 0 Å². The molecule has 0 fully saturated rings. The van der Waals surface area contributed by atoms with Crippen molar-refractivity contribution < 1.29 is 5.11 Å². The molecule has 0 amide bonds. The van der Waals surface area contributed by atoms with Gasteiger partial charge >= 0.3 is 0 Å². The Labute approximate surface area is 133 Å². The zero-order valence-corrected chi connectivity index (χ0v) is 13.4. The van der Waals surface area contributed by atoms with Gasteiger partial charge in [0.05, 0.1) is 6.10 Å². The minimum Gasteiger partial charge on any atom is -0.387 e. The minimum atomic E-state index is -0.473. The molecule has 0 aliphatic carbocycles. The van der Waals surface area contributed by atoms with E-state index in [1.165, 1.54) is 11.1 Å². The largest absolute Gasteiger partial charge is 0.387 e. The summed E-state index contributed by atoms with van der Waals surface area (Å²) in [7, 11) is 1.90. The molecule has 2 heteroatoms. The van der Waals surface area contributed by atoms with Crippen LogP contribution in [0.5, 0.6) is 0 Å². The summed E-state index contributed by atoms with van der Waals surface area (Å²) in [6.07, 6.45) is 5.67. The number of hydrogen-bond acceptors (Lipinski definition) is 2. The molecule has 0 saturated carbocycles. The molecule has 2 rings (SSSR count). The van der Waals surface area contributed by atoms with Gasteiger partial charge in [-0.25, -0.2) is 0 Å². The van der Waals surface area contributed by atoms with Crippen LogP contribution in [0, 0.1) is 6.92 Å². The summed E-state index contributed by atoms with van der Waals surface area (Å²) in [5.74, 6) is 0. The van der Waals surface area contributed by atoms with E-state index < -0.39 is 6.10 Å². The first-order valence-electron chi connectivity index (χ1n) is 7.84. The number of rotatable bonds is 7. The first-order chi connectivity index (χ1) is 10.7. The molecule has 0 radical (unpaired) electrons. The fourth-order valence-corrected chi connectivity index (χ4v) is 2.52. The molecule has 0 bridgehead atoms. The van der Waals surface area contributed by atoms with Crippen molar-refractivity contribution in [1.29, 1.82) is 0 Å². The summed E-state index contributed by atoms with van der Waals surface area (Å²) in [6, 6.07) is 18.4. The SMILES string of the molecule is CN[C@H](CCC=Cc1ccc(C)cc1)C(O)c1ccccc1. The van der Waals surface area contributed by atoms with Gasteiger partial charge in [0.15, 0.2) is 0 Å². The highest BCUT2D eigenvalue weighted by Crippen LogP contribution is 2.19. The van der Waals surface area contributed by atoms with E-state index in [0.717, 1.165) is 18.4 Å². The third-order valence-corrected chi connectivity index (χ3v) is 3.93. The zero-order valence-electron chi connectivity index (χ0n) is 13.4. The Bertz CT molecular complexity index is 574. The van der Waals surface area contributed by atoms with Crippen molar-refractivity contribution in [2.24, 2.45) is 0 Å². The topological polar surface area (TPSA) is 32.3 Å². The smallest absolute Gasteiger partial charge is 0.0942 e. The molecular weight excluding hydrogens is 270 g/mol. The molecular formula is C20H25NO. The zero-order chi connectivity index (χ0) is 15.8. The predicted octanol–water partition coefficient (Wildman–Crippen LogP) is 4.11. The number of aryl methyl sites for hydroxylation is 1. The third kappa shape index (κ3) is 4.83. The van der Waals surface area contributed by atoms with E-state index in [4.69, 9.17) is 0 Å². The van der Waals surface area contributed by atoms with Gasteiger partial charge in [0.1, 0.15) is 0 Å². The summed E-state index contributed by atoms with van der Waals surface area (Å²) < 4.78 is 0. The molecule has 0 aromatic heterocycles. The molecule has 0 aliphatic heterocycles. The highest BCUT2D eigenvalue weighted by molar-refractivity contribution is 5.49. The van der Waals surface area contributed by atoms with Crippen molar-refractivity contribution in [3.05, 3.63) is 77.4 Å². The van der Waals surface area contributed by atoms with Crippen LogP contribution in [0.15, 0.2) is 60.7 Å². The molecule has 0 heterocycles. The Morgan fingerprint density at radius 1 is 1.05 bits per heavy atom. The summed E-state index contributed by atoms with van der Waals surface area (Å²) in [4.78, 5) is 0. The van der Waals surface area contributed by atoms with Crippen LogP contribution in [0.2, 0.25) is 0 Å². The van der Waals surface area contributed by atoms with Crippen molar-refractivity contribution in [2.75, 3.05) is 7.05 Å². The Kier molecular flexibility index (Phi) is 6.38. The van der Waals surface area contributed by atoms with Gasteiger partial charge < -0.3 is 10.4 Å². The van der Waals surface area contributed by atoms with Crippen LogP contribution in [0.25, 0.3) is 6.08 Å². The number of benzene rings is 2. The van der Waals surface area contributed by atoms with Crippen LogP contribution in [0.1, 0.15) is 35.6 Å². The number of allylic oxidation sites excluding steroid dienone is 1. The van der Waals surface area contributed by atoms with Gasteiger partial charge in [0.2, 0.25) is 0 Å². The Hall–Kier alpha value is -1.90. The summed E-state index contributed by atoms with van der Waals surface area (Å²) in [5.41, 5.74) is 3.46. The standard InChI is InChI=1S/C20H25NO/c1-16-12-14-17(15-13-16)8-6-7-11-19(21-2)20(22)18-9-4-3-5-10-18/h3-6,8-10,12-15,19-22H,7,11H2,1-2H3/t19-,20?/m1/s1. The van der Waals surface area contributed by atoms with Crippen LogP contribution in [0.3, 0.4) is 0 Å². The number of nitrogens with one attached hydrogen (secondary N) is 1. The van der Waals surface area contributed by atoms with Crippen LogP contribution >= 0.6 is 0 Å². The molecule has 0 aliphatic rings. The van der Waals surface area contributed by atoms with Gasteiger partial charge in [0, 0.05) is 6.04 Å². The average molecular weight is 295 g/mol. The van der Waals surface area contributed by atoms with E-state index in [-0.39, 0.29) is 6.04 Å². The van der Waals surface area contributed by atoms with Gasteiger partial charge in [0.25, 0.3) is 0 Å². The van der Waals surface area contributed by atoms with Crippen molar-refractivity contribution in [2.45, 2.75) is 31.9 Å². The second-order valence-corrected chi connectivity index (χ2v) is 5.64. The first kappa shape index (κ1) is 16.5. The van der Waals surface area contributed by atoms with E-state index in [1.807, 2.05) is 37.4 Å². The van der Waals surface area contributed by atoms with E-state index in [0.29, 0.717) is 0 Å². The molecule has 2 nitrogen and oxygen atoms in total. The van der Waals surface area contributed by atoms with Gasteiger partial charge in [-0.15, -0.1) is 0 Å². The lowest BCUT2D eigenvalue weighted by molar-refractivity contribution is 0.128. The molecule has 2 atom stereocenters. The second-order valence-electron chi connectivity index (χ2n) is 5.64. The molecule has 2 aromatic rings. The molecule has 116 valence electrons. The normalized spacial score (nSPS) is 14.1. The number of hydrogen-bond donors (Lipinski definition) is 2. The van der Waals surface area contributed by atoms with E-state index in [1.54, 1.807) is 0 Å². The van der Waals surface area contributed by atoms with Crippen LogP contribution in [-0.2, 0) is 0 Å². The Morgan fingerprint density at radius 3 is 2.36 bits per heavy atom. The van der Waals surface area contributed by atoms with Crippen molar-refractivity contribution >= 4 is 6.08 Å². The van der Waals surface area contributed by atoms with Crippen LogP contribution in [-0.4, -0.2) is 18.2 Å². The third-order valence-electron chi connectivity index (χ3n) is 3.93. The van der Waals surface area contributed by atoms with Gasteiger partial charge in [-0.05, 0) is 37.9 Å². The lowest BCUT2D eigenvalue weighted by Crippen LogP contribution is -2.31. The fourth-order valence-electron chi connectivity index (χ4n) is 2.52. The molecule has 0 spiro atoms. The highest BCUT2D eigenvalue weighted by atomic mass is 16.3. The molecule has 22 heavy (non-hydrogen) atoms. The molecule has 2 aromatic carbocycles. The van der Waals surface area contributed by atoms with E-state index >= 15 is 0 Å². The monoisotopic (exact) mass is 295 g/mol. The molecule has 0 saturated heterocycles. The van der Waals surface area contributed by atoms with Crippen molar-refractivity contribution in [1.82, 2.24) is 5.32 Å². The number of likely N-dealkylation sites (N-methyl/N-ethyl adjacent to an activating group) is 1. The lowest BCUT2D eigenvalue weighted by Gasteiger charge is -2.22. The Morgan fingerprint density at radius 2 is 1.73 bits per heavy atom. The quantitative estimate of drug-likeness (QED) is 0.805. The number of aliphatic hydroxyl groups excluding tert-OH is 1. The second kappa shape index (κ2) is 8.52. The predicted molar refractivity (Wildman–Crippen MR) is 93.7 cm³/mol. The van der Waals surface area contributed by atoms with Crippen molar-refractivity contribution in [3.8, 4) is 0 Å². The maximum absolute atomic E-state index is 10.4. The first-order valence-corrected chi connectivity index (χ1v) is 7.84. The fraction of sp³-hybridized carbons (Fsp3) is 0.300. The lowest BCUT2D eigenvalue weighted by atomic mass is 9.98. The summed E-state index contributed by atoms with van der Waals surface area (Å²) in [5, 5.41) is 13.7. The van der Waals surface area contributed by atoms with E-state index in [2.05, 4.69) is 48.7 Å². The molecule has 1 unspecified atom stereocenters. The summed E-state index contributed by atoms with van der Waals surface area (Å²) >= 11 is 0. The van der Waals surface area contributed by atoms with Crippen LogP contribution in [0.4, 0.5) is 0 Å². The highest BCUT2D eigenvalue weighted by Gasteiger charge is 2.17. The summed E-state index contributed by atoms with van der Waals surface area (Å²) in [6.45, 7) is 2.09. The maximum Gasteiger partial charge on any atom is 0.0942 e. The Balaban J connectivity index is 1.87. The van der Waals surface area contributed by atoms with Crippen molar-refractivity contribution in [3.63, 3.8) is 0 Å². The maximum atomic E-state index is 10.4. The van der Waals surface area contributed by atoms with Crippen LogP contribution < -0.4 is 5.32 Å². The number of aliphatic hydroxyl groups is 1. The average Bonchev–Trinajstić information content (AvgIpc) is 2.57.